The molecule has 2 aliphatic carbocycles. The molecule has 1 heterocycles. The molecule has 2 aliphatic rings. The highest BCUT2D eigenvalue weighted by Crippen LogP contribution is 2.49. The van der Waals surface area contributed by atoms with Crippen LogP contribution in [0.2, 0.25) is 0 Å². The molecule has 0 amide bonds. The van der Waals surface area contributed by atoms with E-state index in [0.29, 0.717) is 5.41 Å². The second kappa shape index (κ2) is 3.65. The highest BCUT2D eigenvalue weighted by atomic mass is 14.7. The fourth-order valence-corrected chi connectivity index (χ4v) is 4.01. The summed E-state index contributed by atoms with van der Waals surface area (Å²) in [7, 11) is 0. The van der Waals surface area contributed by atoms with Gasteiger partial charge in [-0.25, -0.2) is 0 Å². The molecular weight excluding hydrogens is 194 g/mol. The van der Waals surface area contributed by atoms with Crippen LogP contribution in [0, 0.1) is 12.3 Å². The van der Waals surface area contributed by atoms with Gasteiger partial charge in [-0.2, -0.15) is 0 Å². The van der Waals surface area contributed by atoms with Gasteiger partial charge in [0.1, 0.15) is 0 Å². The molecule has 1 aromatic heterocycles. The van der Waals surface area contributed by atoms with Crippen LogP contribution in [0.1, 0.15) is 61.5 Å². The molecule has 0 saturated heterocycles. The van der Waals surface area contributed by atoms with Gasteiger partial charge in [0.2, 0.25) is 0 Å². The average molecular weight is 217 g/mol. The van der Waals surface area contributed by atoms with E-state index in [1.807, 2.05) is 0 Å². The van der Waals surface area contributed by atoms with Gasteiger partial charge in [0.05, 0.1) is 0 Å². The number of nitrogens with one attached hydrogen (secondary N) is 1. The Labute approximate surface area is 98.6 Å². The van der Waals surface area contributed by atoms with Gasteiger partial charge in [-0.3, -0.25) is 0 Å². The van der Waals surface area contributed by atoms with Gasteiger partial charge >= 0.3 is 0 Å². The van der Waals surface area contributed by atoms with Crippen molar-refractivity contribution in [2.75, 3.05) is 0 Å². The van der Waals surface area contributed by atoms with Crippen molar-refractivity contribution in [2.45, 2.75) is 65.2 Å². The van der Waals surface area contributed by atoms with Crippen LogP contribution in [0.15, 0.2) is 0 Å². The maximum absolute atomic E-state index is 3.59. The van der Waals surface area contributed by atoms with Crippen LogP contribution < -0.4 is 0 Å². The molecule has 1 fully saturated rings. The second-order valence-corrected chi connectivity index (χ2v) is 5.95. The summed E-state index contributed by atoms with van der Waals surface area (Å²) in [6, 6.07) is 0. The maximum atomic E-state index is 3.59. The highest BCUT2D eigenvalue weighted by molar-refractivity contribution is 5.42. The SMILES string of the molecule is CCc1[nH]c(C)c2c1CC1(CCCCC1)C2. The molecule has 1 aromatic rings. The summed E-state index contributed by atoms with van der Waals surface area (Å²) < 4.78 is 0. The molecule has 1 spiro atoms. The summed E-state index contributed by atoms with van der Waals surface area (Å²) in [4.78, 5) is 3.59. The number of fused-ring (bicyclic) bond motifs is 1. The zero-order valence-corrected chi connectivity index (χ0v) is 10.7. The van der Waals surface area contributed by atoms with Gasteiger partial charge in [0.25, 0.3) is 0 Å². The lowest BCUT2D eigenvalue weighted by Crippen LogP contribution is -2.24. The third-order valence-corrected chi connectivity index (χ3v) is 4.89. The Morgan fingerprint density at radius 1 is 1.06 bits per heavy atom. The fraction of sp³-hybridized carbons (Fsp3) is 0.733. The normalized spacial score (nSPS) is 22.6. The Kier molecular flexibility index (Phi) is 2.38. The number of hydrogen-bond donors (Lipinski definition) is 1. The minimum atomic E-state index is 0.673. The van der Waals surface area contributed by atoms with Crippen LogP contribution in [-0.2, 0) is 19.3 Å². The minimum Gasteiger partial charge on any atom is -0.362 e. The van der Waals surface area contributed by atoms with Gasteiger partial charge in [-0.05, 0) is 55.6 Å². The number of H-pyrrole nitrogens is 1. The zero-order valence-electron chi connectivity index (χ0n) is 10.7. The van der Waals surface area contributed by atoms with Gasteiger partial charge in [-0.1, -0.05) is 26.2 Å². The summed E-state index contributed by atoms with van der Waals surface area (Å²) in [6.07, 6.45) is 11.3. The first-order chi connectivity index (χ1) is 7.74. The number of aryl methyl sites for hydroxylation is 2. The van der Waals surface area contributed by atoms with Crippen LogP contribution in [-0.4, -0.2) is 4.98 Å². The number of rotatable bonds is 1. The average Bonchev–Trinajstić information content (AvgIpc) is 2.78. The molecule has 16 heavy (non-hydrogen) atoms. The second-order valence-electron chi connectivity index (χ2n) is 5.95. The van der Waals surface area contributed by atoms with E-state index in [2.05, 4.69) is 18.8 Å². The van der Waals surface area contributed by atoms with Gasteiger partial charge < -0.3 is 4.98 Å². The first-order valence-corrected chi connectivity index (χ1v) is 6.93. The molecule has 3 rings (SSSR count). The predicted octanol–water partition coefficient (Wildman–Crippen LogP) is 3.93. The minimum absolute atomic E-state index is 0.673. The zero-order chi connectivity index (χ0) is 11.2. The van der Waals surface area contributed by atoms with Crippen molar-refractivity contribution < 1.29 is 0 Å². The largest absolute Gasteiger partial charge is 0.362 e. The van der Waals surface area contributed by atoms with E-state index in [4.69, 9.17) is 0 Å². The molecule has 1 nitrogen and oxygen atoms in total. The van der Waals surface area contributed by atoms with Crippen molar-refractivity contribution in [3.63, 3.8) is 0 Å². The van der Waals surface area contributed by atoms with E-state index < -0.39 is 0 Å². The summed E-state index contributed by atoms with van der Waals surface area (Å²) in [5.41, 5.74) is 7.03. The fourth-order valence-electron chi connectivity index (χ4n) is 4.01. The molecule has 0 aromatic carbocycles. The molecular formula is C15H23N. The van der Waals surface area contributed by atoms with E-state index in [9.17, 15) is 0 Å². The monoisotopic (exact) mass is 217 g/mol. The molecule has 88 valence electrons. The lowest BCUT2D eigenvalue weighted by Gasteiger charge is -2.33. The van der Waals surface area contributed by atoms with Crippen LogP contribution in [0.4, 0.5) is 0 Å². The molecule has 0 atom stereocenters. The lowest BCUT2D eigenvalue weighted by atomic mass is 9.72. The predicted molar refractivity (Wildman–Crippen MR) is 67.8 cm³/mol. The Hall–Kier alpha value is -0.720. The standard InChI is InChI=1S/C15H23N/c1-3-14-13-10-15(7-5-4-6-8-15)9-12(13)11(2)16-14/h16H,3-10H2,1-2H3. The topological polar surface area (TPSA) is 15.8 Å². The number of aromatic amines is 1. The first-order valence-electron chi connectivity index (χ1n) is 6.93. The smallest absolute Gasteiger partial charge is 0.0182 e. The van der Waals surface area contributed by atoms with Crippen molar-refractivity contribution >= 4 is 0 Å². The molecule has 0 unspecified atom stereocenters. The quantitative estimate of drug-likeness (QED) is 0.733. The molecule has 1 heteroatoms. The Bertz CT molecular complexity index is 394. The van der Waals surface area contributed by atoms with Crippen molar-refractivity contribution in [1.82, 2.24) is 4.98 Å². The van der Waals surface area contributed by atoms with Crippen LogP contribution in [0.5, 0.6) is 0 Å². The number of hydrogen-bond acceptors (Lipinski definition) is 0. The molecule has 1 N–H and O–H groups in total. The summed E-state index contributed by atoms with van der Waals surface area (Å²) in [6.45, 7) is 4.54. The van der Waals surface area contributed by atoms with E-state index >= 15 is 0 Å². The lowest BCUT2D eigenvalue weighted by molar-refractivity contribution is 0.202. The Morgan fingerprint density at radius 2 is 1.75 bits per heavy atom. The summed E-state index contributed by atoms with van der Waals surface area (Å²) >= 11 is 0. The van der Waals surface area contributed by atoms with Crippen molar-refractivity contribution in [2.24, 2.45) is 5.41 Å². The van der Waals surface area contributed by atoms with Crippen molar-refractivity contribution in [3.05, 3.63) is 22.5 Å². The first kappa shape index (κ1) is 10.4. The van der Waals surface area contributed by atoms with Gasteiger partial charge in [0.15, 0.2) is 0 Å². The van der Waals surface area contributed by atoms with E-state index in [1.165, 1.54) is 62.8 Å². The molecule has 0 bridgehead atoms. The maximum Gasteiger partial charge on any atom is 0.0182 e. The van der Waals surface area contributed by atoms with Crippen molar-refractivity contribution in [3.8, 4) is 0 Å². The Morgan fingerprint density at radius 3 is 2.44 bits per heavy atom. The third-order valence-electron chi connectivity index (χ3n) is 4.89. The molecule has 1 saturated carbocycles. The van der Waals surface area contributed by atoms with Crippen LogP contribution in [0.3, 0.4) is 0 Å². The molecule has 0 aliphatic heterocycles. The third kappa shape index (κ3) is 1.44. The van der Waals surface area contributed by atoms with E-state index in [-0.39, 0.29) is 0 Å². The number of aromatic nitrogens is 1. The van der Waals surface area contributed by atoms with Gasteiger partial charge in [-0.15, -0.1) is 0 Å². The highest BCUT2D eigenvalue weighted by Gasteiger charge is 2.40. The van der Waals surface area contributed by atoms with Crippen LogP contribution >= 0.6 is 0 Å². The van der Waals surface area contributed by atoms with Crippen molar-refractivity contribution in [1.29, 1.82) is 0 Å². The Balaban J connectivity index is 1.93. The molecule has 0 radical (unpaired) electrons. The summed E-state index contributed by atoms with van der Waals surface area (Å²) in [5.74, 6) is 0. The summed E-state index contributed by atoms with van der Waals surface area (Å²) in [5, 5.41) is 0. The van der Waals surface area contributed by atoms with E-state index in [0.717, 1.165) is 0 Å². The van der Waals surface area contributed by atoms with Crippen LogP contribution in [0.25, 0.3) is 0 Å². The van der Waals surface area contributed by atoms with E-state index in [1.54, 1.807) is 11.1 Å². The van der Waals surface area contributed by atoms with Gasteiger partial charge in [0, 0.05) is 11.4 Å².